The fourth-order valence-corrected chi connectivity index (χ4v) is 3.55. The molecule has 3 rings (SSSR count). The zero-order valence-electron chi connectivity index (χ0n) is 12.3. The van der Waals surface area contributed by atoms with Gasteiger partial charge in [-0.05, 0) is 18.6 Å². The van der Waals surface area contributed by atoms with Crippen molar-refractivity contribution in [1.82, 2.24) is 14.7 Å². The summed E-state index contributed by atoms with van der Waals surface area (Å²) in [5, 5.41) is 4.29. The molecule has 0 N–H and O–H groups in total. The molecule has 1 aliphatic rings. The van der Waals surface area contributed by atoms with E-state index in [1.807, 2.05) is 56.6 Å². The predicted molar refractivity (Wildman–Crippen MR) is 93.1 cm³/mol. The number of rotatable bonds is 3. The second-order valence-corrected chi connectivity index (χ2v) is 6.77. The highest BCUT2D eigenvalue weighted by molar-refractivity contribution is 8.26. The second-order valence-electron chi connectivity index (χ2n) is 5.10. The Hall–Kier alpha value is -1.92. The van der Waals surface area contributed by atoms with E-state index in [4.69, 9.17) is 12.2 Å². The van der Waals surface area contributed by atoms with Crippen LogP contribution in [0.3, 0.4) is 0 Å². The summed E-state index contributed by atoms with van der Waals surface area (Å²) in [6.07, 6.45) is 3.77. The Morgan fingerprint density at radius 1 is 1.32 bits per heavy atom. The molecule has 2 heterocycles. The minimum Gasteiger partial charge on any atom is -0.288 e. The Morgan fingerprint density at radius 3 is 2.68 bits per heavy atom. The lowest BCUT2D eigenvalue weighted by atomic mass is 10.2. The standard InChI is InChI=1S/C16H15N3OS2/c1-11-13(10-18(2)17-11)8-14-15(20)19(16(21)22-14)9-12-6-4-3-5-7-12/h3-8,10H,9H2,1-2H3. The molecule has 1 aliphatic heterocycles. The van der Waals surface area contributed by atoms with E-state index in [1.165, 1.54) is 11.8 Å². The van der Waals surface area contributed by atoms with Gasteiger partial charge in [-0.15, -0.1) is 0 Å². The molecule has 6 heteroatoms. The highest BCUT2D eigenvalue weighted by Gasteiger charge is 2.32. The molecule has 22 heavy (non-hydrogen) atoms. The van der Waals surface area contributed by atoms with Crippen LogP contribution in [0.15, 0.2) is 41.4 Å². The van der Waals surface area contributed by atoms with Crippen LogP contribution in [0.5, 0.6) is 0 Å². The van der Waals surface area contributed by atoms with Gasteiger partial charge in [-0.1, -0.05) is 54.3 Å². The monoisotopic (exact) mass is 329 g/mol. The molecule has 1 aromatic carbocycles. The number of aryl methyl sites for hydroxylation is 2. The molecule has 0 aliphatic carbocycles. The number of carbonyl (C=O) groups excluding carboxylic acids is 1. The van der Waals surface area contributed by atoms with Crippen molar-refractivity contribution in [3.05, 3.63) is 58.3 Å². The fourth-order valence-electron chi connectivity index (χ4n) is 2.30. The molecular formula is C16H15N3OS2. The summed E-state index contributed by atoms with van der Waals surface area (Å²) in [6.45, 7) is 2.44. The van der Waals surface area contributed by atoms with Gasteiger partial charge in [0.2, 0.25) is 0 Å². The van der Waals surface area contributed by atoms with Gasteiger partial charge in [-0.25, -0.2) is 0 Å². The minimum absolute atomic E-state index is 0.0397. The van der Waals surface area contributed by atoms with Crippen LogP contribution in [0.25, 0.3) is 6.08 Å². The molecule has 2 aromatic rings. The van der Waals surface area contributed by atoms with E-state index < -0.39 is 0 Å². The Balaban J connectivity index is 1.84. The number of carbonyl (C=O) groups is 1. The Bertz CT molecular complexity index is 765. The van der Waals surface area contributed by atoms with Gasteiger partial charge in [-0.2, -0.15) is 5.10 Å². The van der Waals surface area contributed by atoms with Gasteiger partial charge >= 0.3 is 0 Å². The van der Waals surface area contributed by atoms with Crippen molar-refractivity contribution in [1.29, 1.82) is 0 Å². The van der Waals surface area contributed by atoms with Crippen LogP contribution >= 0.6 is 24.0 Å². The van der Waals surface area contributed by atoms with Gasteiger partial charge in [0.25, 0.3) is 5.91 Å². The third-order valence-electron chi connectivity index (χ3n) is 3.40. The molecule has 0 radical (unpaired) electrons. The molecular weight excluding hydrogens is 314 g/mol. The third kappa shape index (κ3) is 2.98. The molecule has 0 spiro atoms. The number of hydrogen-bond acceptors (Lipinski definition) is 4. The van der Waals surface area contributed by atoms with E-state index >= 15 is 0 Å². The van der Waals surface area contributed by atoms with E-state index in [0.29, 0.717) is 15.8 Å². The van der Waals surface area contributed by atoms with Crippen molar-refractivity contribution >= 4 is 40.3 Å². The van der Waals surface area contributed by atoms with Gasteiger partial charge < -0.3 is 0 Å². The fraction of sp³-hybridized carbons (Fsp3) is 0.188. The summed E-state index contributed by atoms with van der Waals surface area (Å²) in [4.78, 5) is 14.9. The van der Waals surface area contributed by atoms with Crippen molar-refractivity contribution in [3.63, 3.8) is 0 Å². The van der Waals surface area contributed by atoms with Crippen molar-refractivity contribution < 1.29 is 4.79 Å². The van der Waals surface area contributed by atoms with Crippen LogP contribution in [0, 0.1) is 6.92 Å². The summed E-state index contributed by atoms with van der Waals surface area (Å²) < 4.78 is 2.34. The average Bonchev–Trinajstić information content (AvgIpc) is 2.94. The molecule has 0 bridgehead atoms. The molecule has 1 aromatic heterocycles. The van der Waals surface area contributed by atoms with Crippen molar-refractivity contribution in [2.75, 3.05) is 0 Å². The topological polar surface area (TPSA) is 38.1 Å². The van der Waals surface area contributed by atoms with Crippen molar-refractivity contribution in [2.45, 2.75) is 13.5 Å². The Labute approximate surface area is 138 Å². The lowest BCUT2D eigenvalue weighted by Gasteiger charge is -2.14. The van der Waals surface area contributed by atoms with E-state index in [2.05, 4.69) is 5.10 Å². The van der Waals surface area contributed by atoms with Crippen LogP contribution in [0.1, 0.15) is 16.8 Å². The molecule has 1 saturated heterocycles. The molecule has 4 nitrogen and oxygen atoms in total. The average molecular weight is 329 g/mol. The summed E-state index contributed by atoms with van der Waals surface area (Å²) >= 11 is 6.70. The largest absolute Gasteiger partial charge is 0.288 e. The first-order valence-corrected chi connectivity index (χ1v) is 8.06. The summed E-state index contributed by atoms with van der Waals surface area (Å²) in [5.41, 5.74) is 2.91. The quantitative estimate of drug-likeness (QED) is 0.640. The first-order valence-electron chi connectivity index (χ1n) is 6.84. The number of thioether (sulfide) groups is 1. The van der Waals surface area contributed by atoms with Gasteiger partial charge in [0.15, 0.2) is 0 Å². The van der Waals surface area contributed by atoms with Crippen LogP contribution in [0.2, 0.25) is 0 Å². The molecule has 1 amide bonds. The van der Waals surface area contributed by atoms with E-state index in [0.717, 1.165) is 16.8 Å². The maximum absolute atomic E-state index is 12.6. The van der Waals surface area contributed by atoms with Crippen molar-refractivity contribution in [3.8, 4) is 0 Å². The van der Waals surface area contributed by atoms with Gasteiger partial charge in [-0.3, -0.25) is 14.4 Å². The summed E-state index contributed by atoms with van der Waals surface area (Å²) in [5.74, 6) is -0.0397. The van der Waals surface area contributed by atoms with Crippen LogP contribution in [-0.4, -0.2) is 24.9 Å². The van der Waals surface area contributed by atoms with Crippen LogP contribution < -0.4 is 0 Å². The number of benzene rings is 1. The van der Waals surface area contributed by atoms with Gasteiger partial charge in [0.05, 0.1) is 17.1 Å². The zero-order chi connectivity index (χ0) is 15.7. The maximum Gasteiger partial charge on any atom is 0.266 e. The molecule has 0 unspecified atom stereocenters. The molecule has 112 valence electrons. The lowest BCUT2D eigenvalue weighted by Crippen LogP contribution is -2.27. The van der Waals surface area contributed by atoms with Crippen LogP contribution in [0.4, 0.5) is 0 Å². The maximum atomic E-state index is 12.6. The lowest BCUT2D eigenvalue weighted by molar-refractivity contribution is -0.122. The van der Waals surface area contributed by atoms with E-state index in [1.54, 1.807) is 9.58 Å². The Morgan fingerprint density at radius 2 is 2.05 bits per heavy atom. The highest BCUT2D eigenvalue weighted by atomic mass is 32.2. The minimum atomic E-state index is -0.0397. The molecule has 1 fully saturated rings. The first kappa shape index (κ1) is 15.0. The number of amides is 1. The Kier molecular flexibility index (Phi) is 4.13. The molecule has 0 saturated carbocycles. The third-order valence-corrected chi connectivity index (χ3v) is 4.77. The number of thiocarbonyl (C=S) groups is 1. The van der Waals surface area contributed by atoms with Crippen molar-refractivity contribution in [2.24, 2.45) is 7.05 Å². The highest BCUT2D eigenvalue weighted by Crippen LogP contribution is 2.33. The normalized spacial score (nSPS) is 16.8. The van der Waals surface area contributed by atoms with Crippen LogP contribution in [-0.2, 0) is 18.4 Å². The number of aromatic nitrogens is 2. The van der Waals surface area contributed by atoms with Gasteiger partial charge in [0, 0.05) is 18.8 Å². The van der Waals surface area contributed by atoms with E-state index in [-0.39, 0.29) is 5.91 Å². The van der Waals surface area contributed by atoms with Gasteiger partial charge in [0.1, 0.15) is 4.32 Å². The smallest absolute Gasteiger partial charge is 0.266 e. The second kappa shape index (κ2) is 6.06. The summed E-state index contributed by atoms with van der Waals surface area (Å²) in [7, 11) is 1.87. The SMILES string of the molecule is Cc1nn(C)cc1C=C1SC(=S)N(Cc2ccccc2)C1=O. The number of nitrogens with zero attached hydrogens (tertiary/aromatic N) is 3. The number of hydrogen-bond donors (Lipinski definition) is 0. The van der Waals surface area contributed by atoms with E-state index in [9.17, 15) is 4.79 Å². The molecule has 0 atom stereocenters. The summed E-state index contributed by atoms with van der Waals surface area (Å²) in [6, 6.07) is 9.86. The predicted octanol–water partition coefficient (Wildman–Crippen LogP) is 3.13. The first-order chi connectivity index (χ1) is 10.5. The zero-order valence-corrected chi connectivity index (χ0v) is 13.9.